The summed E-state index contributed by atoms with van der Waals surface area (Å²) in [6.45, 7) is 7.24. The highest BCUT2D eigenvalue weighted by Gasteiger charge is 2.06. The molecule has 0 radical (unpaired) electrons. The van der Waals surface area contributed by atoms with E-state index in [2.05, 4.69) is 42.4 Å². The Hall–Kier alpha value is -1.68. The molecule has 4 nitrogen and oxygen atoms in total. The maximum Gasteiger partial charge on any atom is 0.0534 e. The van der Waals surface area contributed by atoms with E-state index in [1.54, 1.807) is 0 Å². The molecule has 1 atom stereocenters. The predicted octanol–water partition coefficient (Wildman–Crippen LogP) is 2.71. The van der Waals surface area contributed by atoms with Crippen molar-refractivity contribution in [3.05, 3.63) is 48.0 Å². The third kappa shape index (κ3) is 3.17. The summed E-state index contributed by atoms with van der Waals surface area (Å²) in [4.78, 5) is 4.03. The van der Waals surface area contributed by atoms with Gasteiger partial charge in [-0.05, 0) is 38.5 Å². The van der Waals surface area contributed by atoms with Crippen LogP contribution in [0.3, 0.4) is 0 Å². The highest BCUT2D eigenvalue weighted by atomic mass is 15.3. The second kappa shape index (κ2) is 5.78. The quantitative estimate of drug-likeness (QED) is 0.879. The first-order valence-corrected chi connectivity index (χ1v) is 6.33. The zero-order valence-corrected chi connectivity index (χ0v) is 11.2. The second-order valence-corrected chi connectivity index (χ2v) is 4.81. The average molecular weight is 244 g/mol. The van der Waals surface area contributed by atoms with Crippen LogP contribution in [-0.2, 0) is 6.54 Å². The SMILES string of the molecule is CC(C)n1cc(CN[C@H](C)c2ccncc2)cn1. The first-order chi connectivity index (χ1) is 8.66. The zero-order chi connectivity index (χ0) is 13.0. The van der Waals surface area contributed by atoms with Gasteiger partial charge in [0.2, 0.25) is 0 Å². The molecule has 0 saturated carbocycles. The lowest BCUT2D eigenvalue weighted by atomic mass is 10.1. The van der Waals surface area contributed by atoms with Crippen LogP contribution in [0, 0.1) is 0 Å². The summed E-state index contributed by atoms with van der Waals surface area (Å²) in [5.74, 6) is 0. The van der Waals surface area contributed by atoms with E-state index in [0.717, 1.165) is 6.54 Å². The average Bonchev–Trinajstić information content (AvgIpc) is 2.86. The number of hydrogen-bond donors (Lipinski definition) is 1. The molecule has 96 valence electrons. The first-order valence-electron chi connectivity index (χ1n) is 6.33. The Morgan fingerprint density at radius 1 is 1.22 bits per heavy atom. The molecule has 2 heterocycles. The minimum Gasteiger partial charge on any atom is -0.306 e. The minimum atomic E-state index is 0.315. The Kier molecular flexibility index (Phi) is 4.10. The van der Waals surface area contributed by atoms with Gasteiger partial charge >= 0.3 is 0 Å². The number of hydrogen-bond acceptors (Lipinski definition) is 3. The molecule has 2 rings (SSSR count). The lowest BCUT2D eigenvalue weighted by Crippen LogP contribution is -2.17. The molecular weight excluding hydrogens is 224 g/mol. The van der Waals surface area contributed by atoms with Gasteiger partial charge in [-0.15, -0.1) is 0 Å². The van der Waals surface area contributed by atoms with Crippen molar-refractivity contribution >= 4 is 0 Å². The Morgan fingerprint density at radius 3 is 2.56 bits per heavy atom. The third-order valence-electron chi connectivity index (χ3n) is 3.00. The van der Waals surface area contributed by atoms with Gasteiger partial charge in [-0.1, -0.05) is 0 Å². The number of nitrogens with zero attached hydrogens (tertiary/aromatic N) is 3. The number of aromatic nitrogens is 3. The van der Waals surface area contributed by atoms with Gasteiger partial charge in [0.05, 0.1) is 6.20 Å². The van der Waals surface area contributed by atoms with E-state index >= 15 is 0 Å². The lowest BCUT2D eigenvalue weighted by Gasteiger charge is -2.13. The van der Waals surface area contributed by atoms with Crippen LogP contribution in [-0.4, -0.2) is 14.8 Å². The summed E-state index contributed by atoms with van der Waals surface area (Å²) in [6, 6.07) is 4.80. The van der Waals surface area contributed by atoms with Crippen LogP contribution in [0.5, 0.6) is 0 Å². The molecule has 0 fully saturated rings. The Labute approximate surface area is 108 Å². The molecule has 0 unspecified atom stereocenters. The van der Waals surface area contributed by atoms with Crippen LogP contribution in [0.2, 0.25) is 0 Å². The number of nitrogens with one attached hydrogen (secondary N) is 1. The van der Waals surface area contributed by atoms with Crippen LogP contribution in [0.1, 0.15) is 44.0 Å². The van der Waals surface area contributed by atoms with Gasteiger partial charge in [0.1, 0.15) is 0 Å². The molecule has 1 N–H and O–H groups in total. The molecule has 4 heteroatoms. The lowest BCUT2D eigenvalue weighted by molar-refractivity contribution is 0.530. The van der Waals surface area contributed by atoms with Crippen LogP contribution < -0.4 is 5.32 Å². The van der Waals surface area contributed by atoms with Crippen LogP contribution >= 0.6 is 0 Å². The molecule has 0 spiro atoms. The minimum absolute atomic E-state index is 0.315. The van der Waals surface area contributed by atoms with Gasteiger partial charge < -0.3 is 5.32 Å². The van der Waals surface area contributed by atoms with Crippen molar-refractivity contribution in [2.24, 2.45) is 0 Å². The molecule has 0 bridgehead atoms. The summed E-state index contributed by atoms with van der Waals surface area (Å²) in [5, 5.41) is 7.82. The fourth-order valence-corrected chi connectivity index (χ4v) is 1.79. The third-order valence-corrected chi connectivity index (χ3v) is 3.00. The summed E-state index contributed by atoms with van der Waals surface area (Å²) in [5.41, 5.74) is 2.46. The molecule has 18 heavy (non-hydrogen) atoms. The van der Waals surface area contributed by atoms with E-state index in [1.165, 1.54) is 11.1 Å². The fourth-order valence-electron chi connectivity index (χ4n) is 1.79. The molecule has 0 aliphatic carbocycles. The topological polar surface area (TPSA) is 42.7 Å². The van der Waals surface area contributed by atoms with E-state index < -0.39 is 0 Å². The van der Waals surface area contributed by atoms with Crippen molar-refractivity contribution in [1.82, 2.24) is 20.1 Å². The van der Waals surface area contributed by atoms with Crippen LogP contribution in [0.15, 0.2) is 36.9 Å². The normalized spacial score (nSPS) is 12.9. The predicted molar refractivity (Wildman–Crippen MR) is 72.1 cm³/mol. The van der Waals surface area contributed by atoms with Crippen LogP contribution in [0.25, 0.3) is 0 Å². The molecule has 0 amide bonds. The zero-order valence-electron chi connectivity index (χ0n) is 11.2. The van der Waals surface area contributed by atoms with Gasteiger partial charge in [-0.3, -0.25) is 9.67 Å². The summed E-state index contributed by atoms with van der Waals surface area (Å²) < 4.78 is 1.98. The van der Waals surface area contributed by atoms with Gasteiger partial charge in [-0.25, -0.2) is 0 Å². The second-order valence-electron chi connectivity index (χ2n) is 4.81. The molecule has 2 aromatic rings. The number of pyridine rings is 1. The van der Waals surface area contributed by atoms with Gasteiger partial charge in [-0.2, -0.15) is 5.10 Å². The summed E-state index contributed by atoms with van der Waals surface area (Å²) in [7, 11) is 0. The highest BCUT2D eigenvalue weighted by molar-refractivity contribution is 5.14. The molecule has 0 aliphatic rings. The van der Waals surface area contributed by atoms with Crippen LogP contribution in [0.4, 0.5) is 0 Å². The van der Waals surface area contributed by atoms with E-state index in [-0.39, 0.29) is 0 Å². The maximum absolute atomic E-state index is 4.33. The molecular formula is C14H20N4. The standard InChI is InChI=1S/C14H20N4/c1-11(2)18-10-13(9-17-18)8-16-12(3)14-4-6-15-7-5-14/h4-7,9-12,16H,8H2,1-3H3/t12-/m1/s1. The van der Waals surface area contributed by atoms with E-state index in [4.69, 9.17) is 0 Å². The maximum atomic E-state index is 4.33. The highest BCUT2D eigenvalue weighted by Crippen LogP contribution is 2.12. The van der Waals surface area contributed by atoms with E-state index in [0.29, 0.717) is 12.1 Å². The molecule has 0 aliphatic heterocycles. The Bertz CT molecular complexity index is 476. The van der Waals surface area contributed by atoms with Crippen molar-refractivity contribution in [3.63, 3.8) is 0 Å². The molecule has 0 aromatic carbocycles. The first kappa shape index (κ1) is 12.8. The van der Waals surface area contributed by atoms with Gasteiger partial charge in [0.25, 0.3) is 0 Å². The van der Waals surface area contributed by atoms with Crippen molar-refractivity contribution in [3.8, 4) is 0 Å². The molecule has 2 aromatic heterocycles. The van der Waals surface area contributed by atoms with Gasteiger partial charge in [0, 0.05) is 42.8 Å². The van der Waals surface area contributed by atoms with Crippen molar-refractivity contribution in [1.29, 1.82) is 0 Å². The fraction of sp³-hybridized carbons (Fsp3) is 0.429. The van der Waals surface area contributed by atoms with E-state index in [9.17, 15) is 0 Å². The van der Waals surface area contributed by atoms with Crippen molar-refractivity contribution in [2.45, 2.75) is 39.4 Å². The van der Waals surface area contributed by atoms with Gasteiger partial charge in [0.15, 0.2) is 0 Å². The van der Waals surface area contributed by atoms with Crippen molar-refractivity contribution in [2.75, 3.05) is 0 Å². The molecule has 0 saturated heterocycles. The summed E-state index contributed by atoms with van der Waals surface area (Å²) in [6.07, 6.45) is 7.66. The Morgan fingerprint density at radius 2 is 1.94 bits per heavy atom. The smallest absolute Gasteiger partial charge is 0.0534 e. The monoisotopic (exact) mass is 244 g/mol. The Balaban J connectivity index is 1.91. The van der Waals surface area contributed by atoms with E-state index in [1.807, 2.05) is 35.4 Å². The summed E-state index contributed by atoms with van der Waals surface area (Å²) >= 11 is 0. The number of rotatable bonds is 5. The van der Waals surface area contributed by atoms with Crippen molar-refractivity contribution < 1.29 is 0 Å². The largest absolute Gasteiger partial charge is 0.306 e.